The van der Waals surface area contributed by atoms with Crippen molar-refractivity contribution in [1.82, 2.24) is 0 Å². The van der Waals surface area contributed by atoms with Crippen LogP contribution >= 0.6 is 11.8 Å². The van der Waals surface area contributed by atoms with E-state index in [4.69, 9.17) is 4.74 Å². The topological polar surface area (TPSA) is 9.23 Å². The number of hydrogen-bond acceptors (Lipinski definition) is 2. The Morgan fingerprint density at radius 2 is 2.83 bits per heavy atom. The summed E-state index contributed by atoms with van der Waals surface area (Å²) in [6.45, 7) is 2.07. The molecule has 1 radical (unpaired) electrons. The highest BCUT2D eigenvalue weighted by Crippen LogP contribution is 2.19. The van der Waals surface area contributed by atoms with Crippen LogP contribution in [0.5, 0.6) is 0 Å². The molecule has 0 N–H and O–H groups in total. The molecule has 1 aliphatic heterocycles. The molecule has 0 saturated carbocycles. The van der Waals surface area contributed by atoms with Gasteiger partial charge in [-0.05, 0) is 6.92 Å². The van der Waals surface area contributed by atoms with Crippen LogP contribution in [-0.4, -0.2) is 11.9 Å². The minimum Gasteiger partial charge on any atom is -0.360 e. The molecular weight excluding hydrogens is 96.1 g/mol. The second-order valence-electron chi connectivity index (χ2n) is 1.38. The average Bonchev–Trinajstić information content (AvgIpc) is 1.86. The lowest BCUT2D eigenvalue weighted by molar-refractivity contribution is 0.180. The van der Waals surface area contributed by atoms with Crippen LogP contribution in [0.3, 0.4) is 0 Å². The molecule has 1 nitrogen and oxygen atoms in total. The molecule has 35 valence electrons. The first-order valence-corrected chi connectivity index (χ1v) is 3.03. The maximum atomic E-state index is 4.99. The fraction of sp³-hybridized carbons (Fsp3) is 0.750. The Labute approximate surface area is 42.1 Å². The van der Waals surface area contributed by atoms with Gasteiger partial charge in [0.2, 0.25) is 0 Å². The molecule has 0 bridgehead atoms. The lowest BCUT2D eigenvalue weighted by atomic mass is 10.5. The summed E-state index contributed by atoms with van der Waals surface area (Å²) in [6.07, 6.45) is 0.454. The molecule has 0 aliphatic carbocycles. The van der Waals surface area contributed by atoms with E-state index in [0.29, 0.717) is 6.10 Å². The number of ether oxygens (including phenoxy) is 1. The van der Waals surface area contributed by atoms with Crippen molar-refractivity contribution in [1.29, 1.82) is 0 Å². The quantitative estimate of drug-likeness (QED) is 0.456. The molecule has 1 fully saturated rings. The van der Waals surface area contributed by atoms with E-state index in [0.717, 1.165) is 5.75 Å². The third-order valence-corrected chi connectivity index (χ3v) is 1.60. The summed E-state index contributed by atoms with van der Waals surface area (Å²) >= 11 is 1.73. The Morgan fingerprint density at radius 1 is 2.00 bits per heavy atom. The molecule has 1 unspecified atom stereocenters. The van der Waals surface area contributed by atoms with Crippen molar-refractivity contribution in [2.24, 2.45) is 0 Å². The first-order chi connectivity index (χ1) is 2.89. The van der Waals surface area contributed by atoms with Crippen molar-refractivity contribution in [2.45, 2.75) is 13.0 Å². The zero-order valence-corrected chi connectivity index (χ0v) is 4.49. The van der Waals surface area contributed by atoms with Crippen LogP contribution in [0.25, 0.3) is 0 Å². The van der Waals surface area contributed by atoms with Gasteiger partial charge >= 0.3 is 0 Å². The predicted molar refractivity (Wildman–Crippen MR) is 27.3 cm³/mol. The molecule has 1 heterocycles. The molecule has 6 heavy (non-hydrogen) atoms. The van der Waals surface area contributed by atoms with Gasteiger partial charge in [0.25, 0.3) is 0 Å². The van der Waals surface area contributed by atoms with Gasteiger partial charge in [-0.25, -0.2) is 0 Å². The van der Waals surface area contributed by atoms with Gasteiger partial charge in [0.15, 0.2) is 0 Å². The van der Waals surface area contributed by atoms with E-state index in [2.05, 4.69) is 6.92 Å². The van der Waals surface area contributed by atoms with Crippen LogP contribution in [0.1, 0.15) is 6.92 Å². The summed E-state index contributed by atoms with van der Waals surface area (Å²) in [5.74, 6) is 2.92. The van der Waals surface area contributed by atoms with Gasteiger partial charge in [-0.15, -0.1) is 11.8 Å². The Morgan fingerprint density at radius 3 is 3.00 bits per heavy atom. The molecule has 1 rings (SSSR count). The minimum absolute atomic E-state index is 0.454. The molecule has 0 spiro atoms. The van der Waals surface area contributed by atoms with E-state index in [1.165, 1.54) is 0 Å². The van der Waals surface area contributed by atoms with Gasteiger partial charge in [-0.2, -0.15) is 0 Å². The molecular formula is C4H7OS. The second kappa shape index (κ2) is 1.85. The standard InChI is InChI=1S/C4H7OS/c1-4-2-6-3-5-4/h3-4H,2H2,1H3. The van der Waals surface area contributed by atoms with Crippen molar-refractivity contribution >= 4 is 11.8 Å². The van der Waals surface area contributed by atoms with E-state index in [1.807, 2.05) is 0 Å². The molecule has 0 aromatic rings. The van der Waals surface area contributed by atoms with E-state index in [1.54, 1.807) is 17.7 Å². The highest BCUT2D eigenvalue weighted by molar-refractivity contribution is 8.01. The van der Waals surface area contributed by atoms with Crippen LogP contribution in [0.4, 0.5) is 0 Å². The maximum Gasteiger partial charge on any atom is 0.139 e. The maximum absolute atomic E-state index is 4.99. The predicted octanol–water partition coefficient (Wildman–Crippen LogP) is 1.26. The number of rotatable bonds is 0. The first kappa shape index (κ1) is 4.47. The summed E-state index contributed by atoms with van der Waals surface area (Å²) in [6, 6.07) is 0. The zero-order valence-electron chi connectivity index (χ0n) is 3.68. The van der Waals surface area contributed by atoms with Crippen molar-refractivity contribution in [3.8, 4) is 0 Å². The molecule has 1 aliphatic rings. The van der Waals surface area contributed by atoms with E-state index in [9.17, 15) is 0 Å². The minimum atomic E-state index is 0.454. The molecule has 0 aromatic heterocycles. The van der Waals surface area contributed by atoms with E-state index in [-0.39, 0.29) is 0 Å². The van der Waals surface area contributed by atoms with E-state index >= 15 is 0 Å². The zero-order chi connectivity index (χ0) is 4.41. The summed E-state index contributed by atoms with van der Waals surface area (Å²) in [7, 11) is 0. The van der Waals surface area contributed by atoms with Crippen molar-refractivity contribution in [3.63, 3.8) is 0 Å². The third-order valence-electron chi connectivity index (χ3n) is 0.687. The molecule has 1 saturated heterocycles. The number of hydrogen-bond donors (Lipinski definition) is 0. The largest absolute Gasteiger partial charge is 0.360 e. The van der Waals surface area contributed by atoms with Crippen molar-refractivity contribution in [2.75, 3.05) is 5.75 Å². The fourth-order valence-electron chi connectivity index (χ4n) is 0.348. The van der Waals surface area contributed by atoms with Gasteiger partial charge in [0, 0.05) is 5.75 Å². The Bertz CT molecular complexity index is 40.8. The van der Waals surface area contributed by atoms with Crippen LogP contribution in [-0.2, 0) is 4.74 Å². The van der Waals surface area contributed by atoms with Gasteiger partial charge in [-0.3, -0.25) is 0 Å². The molecule has 0 aromatic carbocycles. The average molecular weight is 103 g/mol. The van der Waals surface area contributed by atoms with Gasteiger partial charge in [0.1, 0.15) is 5.94 Å². The van der Waals surface area contributed by atoms with Gasteiger partial charge < -0.3 is 4.74 Å². The molecule has 0 amide bonds. The van der Waals surface area contributed by atoms with Crippen molar-refractivity contribution in [3.05, 3.63) is 5.94 Å². The summed E-state index contributed by atoms with van der Waals surface area (Å²) in [5, 5.41) is 0. The van der Waals surface area contributed by atoms with Crippen LogP contribution in [0.15, 0.2) is 0 Å². The first-order valence-electron chi connectivity index (χ1n) is 1.98. The highest BCUT2D eigenvalue weighted by atomic mass is 32.2. The van der Waals surface area contributed by atoms with Crippen LogP contribution < -0.4 is 0 Å². The normalized spacial score (nSPS) is 34.5. The van der Waals surface area contributed by atoms with Crippen molar-refractivity contribution < 1.29 is 4.74 Å². The summed E-state index contributed by atoms with van der Waals surface area (Å²) < 4.78 is 4.99. The SMILES string of the molecule is CC1CS[CH]O1. The lowest BCUT2D eigenvalue weighted by Gasteiger charge is -1.92. The smallest absolute Gasteiger partial charge is 0.139 e. The number of thioether (sulfide) groups is 1. The summed E-state index contributed by atoms with van der Waals surface area (Å²) in [5.41, 5.74) is 0. The Kier molecular flexibility index (Phi) is 1.37. The van der Waals surface area contributed by atoms with Gasteiger partial charge in [-0.1, -0.05) is 0 Å². The highest BCUT2D eigenvalue weighted by Gasteiger charge is 2.08. The van der Waals surface area contributed by atoms with Crippen LogP contribution in [0, 0.1) is 5.94 Å². The monoisotopic (exact) mass is 103 g/mol. The molecule has 2 heteroatoms. The van der Waals surface area contributed by atoms with E-state index < -0.39 is 0 Å². The summed E-state index contributed by atoms with van der Waals surface area (Å²) in [4.78, 5) is 0. The Balaban J connectivity index is 2.18. The molecule has 1 atom stereocenters. The lowest BCUT2D eigenvalue weighted by Crippen LogP contribution is -1.98. The van der Waals surface area contributed by atoms with Gasteiger partial charge in [0.05, 0.1) is 6.10 Å². The fourth-order valence-corrected chi connectivity index (χ4v) is 1.04. The van der Waals surface area contributed by atoms with Crippen LogP contribution in [0.2, 0.25) is 0 Å². The third kappa shape index (κ3) is 0.884. The Hall–Kier alpha value is 0.310. The second-order valence-corrected chi connectivity index (χ2v) is 2.24.